The Morgan fingerprint density at radius 2 is 2.40 bits per heavy atom. The maximum Gasteiger partial charge on any atom is 0.158 e. The minimum atomic E-state index is 0.186. The van der Waals surface area contributed by atoms with Crippen molar-refractivity contribution in [3.63, 3.8) is 0 Å². The monoisotopic (exact) mass is 137 g/mol. The molecule has 1 heteroatoms. The molecule has 0 heterocycles. The van der Waals surface area contributed by atoms with Gasteiger partial charge in [-0.25, -0.2) is 0 Å². The summed E-state index contributed by atoms with van der Waals surface area (Å²) >= 11 is 0. The molecule has 0 aliphatic heterocycles. The first kappa shape index (κ1) is 7.52. The Kier molecular flexibility index (Phi) is 2.67. The molecule has 0 N–H and O–H groups in total. The molecule has 0 saturated heterocycles. The molecule has 10 heavy (non-hydrogen) atoms. The van der Waals surface area contributed by atoms with Crippen molar-refractivity contribution in [3.05, 3.63) is 19.1 Å². The van der Waals surface area contributed by atoms with Crippen LogP contribution in [0.4, 0.5) is 0 Å². The maximum absolute atomic E-state index is 11.0. The summed E-state index contributed by atoms with van der Waals surface area (Å²) in [5.41, 5.74) is 0. The Morgan fingerprint density at radius 1 is 1.60 bits per heavy atom. The first-order valence-electron chi connectivity index (χ1n) is 3.84. The van der Waals surface area contributed by atoms with Crippen LogP contribution in [0.2, 0.25) is 0 Å². The molecule has 0 bridgehead atoms. The predicted molar refractivity (Wildman–Crippen MR) is 41.5 cm³/mol. The number of carbonyl (C=O) groups is 1. The first-order valence-corrected chi connectivity index (χ1v) is 3.84. The molecule has 1 aliphatic carbocycles. The van der Waals surface area contributed by atoms with Crippen LogP contribution in [-0.4, -0.2) is 5.78 Å². The van der Waals surface area contributed by atoms with Gasteiger partial charge in [0.05, 0.1) is 0 Å². The summed E-state index contributed by atoms with van der Waals surface area (Å²) in [4.78, 5) is 11.0. The summed E-state index contributed by atoms with van der Waals surface area (Å²) in [6.07, 6.45) is 8.14. The highest BCUT2D eigenvalue weighted by atomic mass is 16.1. The van der Waals surface area contributed by atoms with Crippen molar-refractivity contribution in [2.75, 3.05) is 0 Å². The molecular formula is C9H13O. The third-order valence-corrected chi connectivity index (χ3v) is 1.99. The van der Waals surface area contributed by atoms with Gasteiger partial charge in [-0.2, -0.15) is 0 Å². The third kappa shape index (κ3) is 1.69. The van der Waals surface area contributed by atoms with Crippen LogP contribution in [-0.2, 0) is 4.79 Å². The lowest BCUT2D eigenvalue weighted by atomic mass is 9.86. The van der Waals surface area contributed by atoms with Crippen molar-refractivity contribution >= 4 is 5.78 Å². The molecule has 1 fully saturated rings. The van der Waals surface area contributed by atoms with Gasteiger partial charge in [-0.1, -0.05) is 19.4 Å². The highest BCUT2D eigenvalue weighted by Gasteiger charge is 2.18. The first-order chi connectivity index (χ1) is 4.84. The molecule has 1 atom stereocenters. The Balaban J connectivity index is 2.38. The minimum absolute atomic E-state index is 0.186. The molecule has 0 aromatic rings. The molecule has 55 valence electrons. The van der Waals surface area contributed by atoms with E-state index in [0.29, 0.717) is 0 Å². The number of carbonyl (C=O) groups excluding carboxylic acids is 1. The normalized spacial score (nSPS) is 20.4. The van der Waals surface area contributed by atoms with E-state index in [-0.39, 0.29) is 11.7 Å². The molecule has 1 aliphatic rings. The standard InChI is InChI=1S/C9H13O/c1-2-9(10)8-6-4-3-5-7-8/h2,6,8H,1,3-5,7H2. The fourth-order valence-electron chi connectivity index (χ4n) is 1.36. The largest absolute Gasteiger partial charge is 0.295 e. The fourth-order valence-corrected chi connectivity index (χ4v) is 1.36. The van der Waals surface area contributed by atoms with Crippen LogP contribution in [0.1, 0.15) is 25.7 Å². The second-order valence-corrected chi connectivity index (χ2v) is 2.73. The van der Waals surface area contributed by atoms with Gasteiger partial charge in [0.2, 0.25) is 0 Å². The average Bonchev–Trinajstić information content (AvgIpc) is 2.05. The van der Waals surface area contributed by atoms with Crippen LogP contribution in [0.3, 0.4) is 0 Å². The Labute approximate surface area is 62.1 Å². The Bertz CT molecular complexity index is 132. The van der Waals surface area contributed by atoms with Crippen molar-refractivity contribution in [1.82, 2.24) is 0 Å². The molecule has 0 aromatic carbocycles. The van der Waals surface area contributed by atoms with Gasteiger partial charge in [0.1, 0.15) is 0 Å². The van der Waals surface area contributed by atoms with E-state index < -0.39 is 0 Å². The summed E-state index contributed by atoms with van der Waals surface area (Å²) in [6, 6.07) is 0. The highest BCUT2D eigenvalue weighted by Crippen LogP contribution is 2.23. The van der Waals surface area contributed by atoms with Crippen molar-refractivity contribution in [3.8, 4) is 0 Å². The van der Waals surface area contributed by atoms with Crippen molar-refractivity contribution < 1.29 is 4.79 Å². The van der Waals surface area contributed by atoms with Crippen molar-refractivity contribution in [2.45, 2.75) is 25.7 Å². The van der Waals surface area contributed by atoms with Gasteiger partial charge < -0.3 is 0 Å². The van der Waals surface area contributed by atoms with E-state index in [9.17, 15) is 4.79 Å². The molecule has 1 saturated carbocycles. The Morgan fingerprint density at radius 3 is 2.90 bits per heavy atom. The van der Waals surface area contributed by atoms with E-state index in [4.69, 9.17) is 0 Å². The van der Waals surface area contributed by atoms with E-state index in [1.165, 1.54) is 18.9 Å². The number of hydrogen-bond acceptors (Lipinski definition) is 1. The van der Waals surface area contributed by atoms with E-state index in [1.54, 1.807) is 0 Å². The van der Waals surface area contributed by atoms with Crippen LogP contribution in [0.25, 0.3) is 0 Å². The molecule has 0 aromatic heterocycles. The quantitative estimate of drug-likeness (QED) is 0.533. The van der Waals surface area contributed by atoms with Crippen LogP contribution in [0, 0.1) is 12.3 Å². The molecule has 1 rings (SSSR count). The van der Waals surface area contributed by atoms with Crippen LogP contribution in [0.5, 0.6) is 0 Å². The van der Waals surface area contributed by atoms with Crippen molar-refractivity contribution in [2.24, 2.45) is 5.92 Å². The predicted octanol–water partition coefficient (Wildman–Crippen LogP) is 2.14. The average molecular weight is 137 g/mol. The molecule has 1 nitrogen and oxygen atoms in total. The zero-order valence-corrected chi connectivity index (χ0v) is 6.18. The summed E-state index contributed by atoms with van der Waals surface area (Å²) in [5.74, 6) is 0.381. The van der Waals surface area contributed by atoms with E-state index in [2.05, 4.69) is 13.0 Å². The van der Waals surface area contributed by atoms with Gasteiger partial charge in [0.15, 0.2) is 5.78 Å². The number of allylic oxidation sites excluding steroid dienone is 1. The summed E-state index contributed by atoms with van der Waals surface area (Å²) < 4.78 is 0. The van der Waals surface area contributed by atoms with Gasteiger partial charge in [0.25, 0.3) is 0 Å². The van der Waals surface area contributed by atoms with E-state index >= 15 is 0 Å². The van der Waals surface area contributed by atoms with Gasteiger partial charge in [-0.3, -0.25) is 4.79 Å². The van der Waals surface area contributed by atoms with E-state index in [1.807, 2.05) is 0 Å². The van der Waals surface area contributed by atoms with Crippen molar-refractivity contribution in [1.29, 1.82) is 0 Å². The lowest BCUT2D eigenvalue weighted by Gasteiger charge is -2.17. The number of rotatable bonds is 2. The van der Waals surface area contributed by atoms with Crippen LogP contribution >= 0.6 is 0 Å². The van der Waals surface area contributed by atoms with Crippen LogP contribution in [0.15, 0.2) is 12.7 Å². The zero-order valence-electron chi connectivity index (χ0n) is 6.18. The highest BCUT2D eigenvalue weighted by molar-refractivity contribution is 5.92. The van der Waals surface area contributed by atoms with Gasteiger partial charge >= 0.3 is 0 Å². The summed E-state index contributed by atoms with van der Waals surface area (Å²) in [6.45, 7) is 3.47. The number of ketones is 1. The maximum atomic E-state index is 11.0. The lowest BCUT2D eigenvalue weighted by molar-refractivity contribution is -0.117. The lowest BCUT2D eigenvalue weighted by Crippen LogP contribution is -2.15. The zero-order chi connectivity index (χ0) is 7.40. The number of hydrogen-bond donors (Lipinski definition) is 0. The van der Waals surface area contributed by atoms with E-state index in [0.717, 1.165) is 12.8 Å². The SMILES string of the molecule is C=CC(=O)C1[CH]CCCC1. The molecule has 0 amide bonds. The topological polar surface area (TPSA) is 17.1 Å². The van der Waals surface area contributed by atoms with Crippen LogP contribution < -0.4 is 0 Å². The second-order valence-electron chi connectivity index (χ2n) is 2.73. The van der Waals surface area contributed by atoms with Gasteiger partial charge in [-0.05, 0) is 25.3 Å². The molecule has 1 radical (unpaired) electrons. The minimum Gasteiger partial charge on any atom is -0.295 e. The van der Waals surface area contributed by atoms with Gasteiger partial charge in [0, 0.05) is 5.92 Å². The Hall–Kier alpha value is -0.590. The molecular weight excluding hydrogens is 124 g/mol. The molecule has 0 spiro atoms. The summed E-state index contributed by atoms with van der Waals surface area (Å²) in [5, 5.41) is 0. The van der Waals surface area contributed by atoms with Gasteiger partial charge in [-0.15, -0.1) is 0 Å². The summed E-state index contributed by atoms with van der Waals surface area (Å²) in [7, 11) is 0. The smallest absolute Gasteiger partial charge is 0.158 e. The third-order valence-electron chi connectivity index (χ3n) is 1.99. The fraction of sp³-hybridized carbons (Fsp3) is 0.556. The molecule has 1 unspecified atom stereocenters. The second kappa shape index (κ2) is 3.55.